The van der Waals surface area contributed by atoms with Gasteiger partial charge in [-0.25, -0.2) is 0 Å². The fourth-order valence-corrected chi connectivity index (χ4v) is 1.71. The van der Waals surface area contributed by atoms with Crippen molar-refractivity contribution in [3.63, 3.8) is 0 Å². The fraction of sp³-hybridized carbons (Fsp3) is 0.167. The molecule has 1 aromatic rings. The smallest absolute Gasteiger partial charge is 0.0339 e. The van der Waals surface area contributed by atoms with Gasteiger partial charge in [0.15, 0.2) is 0 Å². The first kappa shape index (κ1) is 11.9. The molecule has 1 heterocycles. The number of aryl methyl sites for hydroxylation is 1. The van der Waals surface area contributed by atoms with Crippen LogP contribution in [0.1, 0.15) is 16.7 Å². The maximum atomic E-state index is 3.95. The molecule has 0 saturated heterocycles. The first-order valence-electron chi connectivity index (χ1n) is 4.12. The van der Waals surface area contributed by atoms with Crippen LogP contribution in [-0.4, -0.2) is 0 Å². The Morgan fingerprint density at radius 3 is 2.38 bits per heavy atom. The van der Waals surface area contributed by atoms with Gasteiger partial charge in [-0.3, -0.25) is 0 Å². The molecule has 0 amide bonds. The Morgan fingerprint density at radius 2 is 2.00 bits per heavy atom. The summed E-state index contributed by atoms with van der Waals surface area (Å²) in [7, 11) is 0. The molecule has 1 heteroatoms. The van der Waals surface area contributed by atoms with Crippen molar-refractivity contribution in [2.75, 3.05) is 0 Å². The Kier molecular flexibility index (Phi) is 5.90. The monoisotopic (exact) mass is 192 g/mol. The van der Waals surface area contributed by atoms with E-state index in [1.165, 1.54) is 9.75 Å². The minimum atomic E-state index is 1.10. The Balaban J connectivity index is 0.000000671. The molecule has 0 aromatic carbocycles. The van der Waals surface area contributed by atoms with Crippen molar-refractivity contribution in [3.8, 4) is 0 Å². The van der Waals surface area contributed by atoms with Gasteiger partial charge in [0.25, 0.3) is 0 Å². The molecule has 0 nitrogen and oxygen atoms in total. The van der Waals surface area contributed by atoms with E-state index >= 15 is 0 Å². The summed E-state index contributed by atoms with van der Waals surface area (Å²) in [5.74, 6) is 0. The molecule has 0 fully saturated rings. The SMILES string of the molecule is C=C.C=C(/C=C\C)c1ccc(C)s1. The summed E-state index contributed by atoms with van der Waals surface area (Å²) in [5.41, 5.74) is 1.10. The molecule has 0 N–H and O–H groups in total. The Hall–Kier alpha value is -1.08. The lowest BCUT2D eigenvalue weighted by atomic mass is 10.2. The number of allylic oxidation sites excluding steroid dienone is 3. The van der Waals surface area contributed by atoms with Gasteiger partial charge in [-0.2, -0.15) is 0 Å². The van der Waals surface area contributed by atoms with E-state index in [2.05, 4.69) is 38.8 Å². The number of rotatable bonds is 2. The molecule has 0 unspecified atom stereocenters. The molecule has 0 saturated carbocycles. The third-order valence-corrected chi connectivity index (χ3v) is 2.50. The van der Waals surface area contributed by atoms with Crippen molar-refractivity contribution >= 4 is 16.9 Å². The van der Waals surface area contributed by atoms with E-state index in [1.54, 1.807) is 11.3 Å². The minimum absolute atomic E-state index is 1.10. The molecule has 1 rings (SSSR count). The lowest BCUT2D eigenvalue weighted by molar-refractivity contribution is 1.64. The van der Waals surface area contributed by atoms with Gasteiger partial charge < -0.3 is 0 Å². The average Bonchev–Trinajstić information content (AvgIpc) is 2.56. The van der Waals surface area contributed by atoms with Gasteiger partial charge in [0.1, 0.15) is 0 Å². The highest BCUT2D eigenvalue weighted by Crippen LogP contribution is 2.22. The van der Waals surface area contributed by atoms with Gasteiger partial charge in [0.05, 0.1) is 0 Å². The Bertz CT molecular complexity index is 292. The first-order valence-corrected chi connectivity index (χ1v) is 4.94. The molecule has 0 radical (unpaired) electrons. The zero-order valence-corrected chi connectivity index (χ0v) is 9.16. The highest BCUT2D eigenvalue weighted by molar-refractivity contribution is 7.13. The molecule has 0 aliphatic rings. The number of thiophene rings is 1. The summed E-state index contributed by atoms with van der Waals surface area (Å²) in [6.45, 7) is 14.1. The summed E-state index contributed by atoms with van der Waals surface area (Å²) in [5, 5.41) is 0. The van der Waals surface area contributed by atoms with Gasteiger partial charge in [0.2, 0.25) is 0 Å². The predicted octanol–water partition coefficient (Wildman–Crippen LogP) is 4.45. The van der Waals surface area contributed by atoms with E-state index in [4.69, 9.17) is 0 Å². The number of hydrogen-bond donors (Lipinski definition) is 0. The Labute approximate surface area is 84.9 Å². The van der Waals surface area contributed by atoms with Crippen molar-refractivity contribution in [3.05, 3.63) is 53.8 Å². The van der Waals surface area contributed by atoms with Crippen LogP contribution in [0.5, 0.6) is 0 Å². The zero-order chi connectivity index (χ0) is 10.3. The maximum absolute atomic E-state index is 3.95. The van der Waals surface area contributed by atoms with Crippen molar-refractivity contribution in [2.24, 2.45) is 0 Å². The molecule has 13 heavy (non-hydrogen) atoms. The van der Waals surface area contributed by atoms with Crippen molar-refractivity contribution in [1.82, 2.24) is 0 Å². The van der Waals surface area contributed by atoms with Crippen LogP contribution in [0.4, 0.5) is 0 Å². The molecule has 0 aliphatic heterocycles. The van der Waals surface area contributed by atoms with Crippen LogP contribution in [0.25, 0.3) is 5.57 Å². The van der Waals surface area contributed by atoms with E-state index in [0.29, 0.717) is 0 Å². The van der Waals surface area contributed by atoms with Gasteiger partial charge in [0, 0.05) is 9.75 Å². The molecule has 0 spiro atoms. The molecule has 70 valence electrons. The topological polar surface area (TPSA) is 0 Å². The van der Waals surface area contributed by atoms with Crippen LogP contribution >= 0.6 is 11.3 Å². The van der Waals surface area contributed by atoms with Crippen LogP contribution in [0.2, 0.25) is 0 Å². The minimum Gasteiger partial charge on any atom is -0.141 e. The quantitative estimate of drug-likeness (QED) is 0.480. The first-order chi connectivity index (χ1) is 6.24. The molecule has 0 bridgehead atoms. The standard InChI is InChI=1S/C10H12S.C2H4/c1-4-5-8(2)10-7-6-9(3)11-10;1-2/h4-7H,2H2,1,3H3;1-2H2/b5-4-;. The van der Waals surface area contributed by atoms with Crippen LogP contribution in [0, 0.1) is 6.92 Å². The molecular formula is C12H16S. The van der Waals surface area contributed by atoms with Crippen LogP contribution in [0.15, 0.2) is 44.0 Å². The second-order valence-electron chi connectivity index (χ2n) is 2.44. The third-order valence-electron chi connectivity index (χ3n) is 1.42. The van der Waals surface area contributed by atoms with Crippen molar-refractivity contribution in [1.29, 1.82) is 0 Å². The van der Waals surface area contributed by atoms with Gasteiger partial charge in [-0.05, 0) is 31.6 Å². The molecule has 0 atom stereocenters. The lowest BCUT2D eigenvalue weighted by Gasteiger charge is -1.91. The van der Waals surface area contributed by atoms with Crippen LogP contribution < -0.4 is 0 Å². The predicted molar refractivity (Wildman–Crippen MR) is 64.2 cm³/mol. The zero-order valence-electron chi connectivity index (χ0n) is 8.34. The summed E-state index contributed by atoms with van der Waals surface area (Å²) < 4.78 is 0. The summed E-state index contributed by atoms with van der Waals surface area (Å²) in [4.78, 5) is 2.60. The van der Waals surface area contributed by atoms with E-state index in [1.807, 2.05) is 19.1 Å². The third kappa shape index (κ3) is 3.90. The maximum Gasteiger partial charge on any atom is 0.0339 e. The highest BCUT2D eigenvalue weighted by Gasteiger charge is 1.96. The fourth-order valence-electron chi connectivity index (χ4n) is 0.890. The van der Waals surface area contributed by atoms with E-state index in [-0.39, 0.29) is 0 Å². The van der Waals surface area contributed by atoms with E-state index < -0.39 is 0 Å². The lowest BCUT2D eigenvalue weighted by Crippen LogP contribution is -1.67. The normalized spacial score (nSPS) is 9.38. The highest BCUT2D eigenvalue weighted by atomic mass is 32.1. The summed E-state index contributed by atoms with van der Waals surface area (Å²) in [6.07, 6.45) is 4.04. The summed E-state index contributed by atoms with van der Waals surface area (Å²) in [6, 6.07) is 4.23. The Morgan fingerprint density at radius 1 is 1.38 bits per heavy atom. The van der Waals surface area contributed by atoms with Gasteiger partial charge in [-0.15, -0.1) is 24.5 Å². The van der Waals surface area contributed by atoms with Gasteiger partial charge >= 0.3 is 0 Å². The number of hydrogen-bond acceptors (Lipinski definition) is 1. The van der Waals surface area contributed by atoms with Crippen LogP contribution in [-0.2, 0) is 0 Å². The molecular weight excluding hydrogens is 176 g/mol. The molecule has 1 aromatic heterocycles. The van der Waals surface area contributed by atoms with Crippen LogP contribution in [0.3, 0.4) is 0 Å². The molecule has 0 aliphatic carbocycles. The van der Waals surface area contributed by atoms with Crippen molar-refractivity contribution < 1.29 is 0 Å². The second kappa shape index (κ2) is 6.44. The van der Waals surface area contributed by atoms with Crippen molar-refractivity contribution in [2.45, 2.75) is 13.8 Å². The van der Waals surface area contributed by atoms with Gasteiger partial charge in [-0.1, -0.05) is 18.7 Å². The average molecular weight is 192 g/mol. The van der Waals surface area contributed by atoms with E-state index in [0.717, 1.165) is 5.57 Å². The van der Waals surface area contributed by atoms with E-state index in [9.17, 15) is 0 Å². The largest absolute Gasteiger partial charge is 0.141 e. The summed E-state index contributed by atoms with van der Waals surface area (Å²) >= 11 is 1.78. The second-order valence-corrected chi connectivity index (χ2v) is 3.72.